The predicted octanol–water partition coefficient (Wildman–Crippen LogP) is 2.30. The van der Waals surface area contributed by atoms with Gasteiger partial charge in [-0.25, -0.2) is 13.6 Å². The van der Waals surface area contributed by atoms with Crippen molar-refractivity contribution in [3.63, 3.8) is 0 Å². The Hall–Kier alpha value is -3.69. The van der Waals surface area contributed by atoms with Crippen molar-refractivity contribution in [1.82, 2.24) is 0 Å². The van der Waals surface area contributed by atoms with Gasteiger partial charge in [0.05, 0.1) is 4.90 Å². The Morgan fingerprint density at radius 2 is 1.67 bits per heavy atom. The number of nitrogen functional groups attached to an aromatic ring is 1. The summed E-state index contributed by atoms with van der Waals surface area (Å²) in [5.74, 6) is -0.00488. The van der Waals surface area contributed by atoms with E-state index in [2.05, 4.69) is 5.32 Å². The van der Waals surface area contributed by atoms with Crippen molar-refractivity contribution in [3.05, 3.63) is 78.4 Å². The van der Waals surface area contributed by atoms with Crippen LogP contribution in [0.5, 0.6) is 5.75 Å². The number of amidine groups is 1. The lowest BCUT2D eigenvalue weighted by molar-refractivity contribution is -0.118. The molecule has 3 aromatic rings. The maximum absolute atomic E-state index is 12.1. The molecule has 0 saturated carbocycles. The quantitative estimate of drug-likeness (QED) is 0.339. The van der Waals surface area contributed by atoms with Crippen molar-refractivity contribution in [2.24, 2.45) is 10.9 Å². The largest absolute Gasteiger partial charge is 0.484 e. The Morgan fingerprint density at radius 1 is 0.967 bits per heavy atom. The first-order valence-corrected chi connectivity index (χ1v) is 10.4. The highest BCUT2D eigenvalue weighted by atomic mass is 32.2. The van der Waals surface area contributed by atoms with Crippen LogP contribution in [0.4, 0.5) is 5.69 Å². The summed E-state index contributed by atoms with van der Waals surface area (Å²) in [4.78, 5) is 12.2. The Morgan fingerprint density at radius 3 is 2.33 bits per heavy atom. The normalized spacial score (nSPS) is 11.0. The van der Waals surface area contributed by atoms with Crippen LogP contribution in [0.1, 0.15) is 5.56 Å². The topological polar surface area (TPSA) is 148 Å². The lowest BCUT2D eigenvalue weighted by Crippen LogP contribution is -2.20. The molecule has 1 amide bonds. The van der Waals surface area contributed by atoms with Crippen LogP contribution in [-0.2, 0) is 14.8 Å². The molecule has 0 aliphatic rings. The molecular weight excluding hydrogens is 404 g/mol. The van der Waals surface area contributed by atoms with Gasteiger partial charge in [-0.1, -0.05) is 36.4 Å². The fraction of sp³-hybridized carbons (Fsp3) is 0.0476. The van der Waals surface area contributed by atoms with Crippen LogP contribution in [0.25, 0.3) is 11.1 Å². The zero-order chi connectivity index (χ0) is 21.7. The average Bonchev–Trinajstić information content (AvgIpc) is 2.72. The smallest absolute Gasteiger partial charge is 0.262 e. The standard InChI is InChI=1S/C21H20N4O4S/c22-21(23)16-4-1-5-18(11-16)29-13-20(26)25-17-9-7-14(8-10-17)15-3-2-6-19(12-15)30(24,27)28/h1-12H,13H2,(H3,22,23)(H,25,26)(H2,24,27,28). The summed E-state index contributed by atoms with van der Waals surface area (Å²) in [7, 11) is -3.78. The van der Waals surface area contributed by atoms with Crippen LogP contribution in [0.2, 0.25) is 0 Å². The number of carbonyl (C=O) groups excluding carboxylic acids is 1. The van der Waals surface area contributed by atoms with Gasteiger partial charge in [-0.3, -0.25) is 10.2 Å². The fourth-order valence-corrected chi connectivity index (χ4v) is 3.26. The van der Waals surface area contributed by atoms with E-state index in [0.717, 1.165) is 5.56 Å². The van der Waals surface area contributed by atoms with E-state index in [1.807, 2.05) is 0 Å². The number of nitrogens with two attached hydrogens (primary N) is 2. The van der Waals surface area contributed by atoms with Gasteiger partial charge in [0.15, 0.2) is 6.61 Å². The molecule has 8 nitrogen and oxygen atoms in total. The van der Waals surface area contributed by atoms with E-state index >= 15 is 0 Å². The molecule has 3 rings (SSSR count). The van der Waals surface area contributed by atoms with Gasteiger partial charge in [0.1, 0.15) is 11.6 Å². The first kappa shape index (κ1) is 21.0. The summed E-state index contributed by atoms with van der Waals surface area (Å²) in [5, 5.41) is 15.3. The highest BCUT2D eigenvalue weighted by Gasteiger charge is 2.09. The number of ether oxygens (including phenoxy) is 1. The predicted molar refractivity (Wildman–Crippen MR) is 115 cm³/mol. The molecule has 0 radical (unpaired) electrons. The molecule has 0 saturated heterocycles. The van der Waals surface area contributed by atoms with Crippen LogP contribution in [0.3, 0.4) is 0 Å². The van der Waals surface area contributed by atoms with E-state index in [9.17, 15) is 13.2 Å². The number of amides is 1. The first-order chi connectivity index (χ1) is 14.2. The van der Waals surface area contributed by atoms with E-state index in [-0.39, 0.29) is 23.2 Å². The lowest BCUT2D eigenvalue weighted by atomic mass is 10.1. The third kappa shape index (κ3) is 5.43. The number of hydrogen-bond acceptors (Lipinski definition) is 5. The van der Waals surface area contributed by atoms with Gasteiger partial charge < -0.3 is 15.8 Å². The Bertz CT molecular complexity index is 1190. The monoisotopic (exact) mass is 424 g/mol. The van der Waals surface area contributed by atoms with Crippen molar-refractivity contribution >= 4 is 27.5 Å². The minimum atomic E-state index is -3.78. The molecule has 0 aliphatic heterocycles. The highest BCUT2D eigenvalue weighted by Crippen LogP contribution is 2.23. The summed E-state index contributed by atoms with van der Waals surface area (Å²) in [5.41, 5.74) is 7.97. The van der Waals surface area contributed by atoms with Gasteiger partial charge >= 0.3 is 0 Å². The first-order valence-electron chi connectivity index (χ1n) is 8.83. The van der Waals surface area contributed by atoms with Gasteiger partial charge in [0, 0.05) is 11.3 Å². The van der Waals surface area contributed by atoms with Crippen LogP contribution in [0.15, 0.2) is 77.7 Å². The molecule has 30 heavy (non-hydrogen) atoms. The van der Waals surface area contributed by atoms with Crippen LogP contribution >= 0.6 is 0 Å². The minimum absolute atomic E-state index is 0.0309. The Balaban J connectivity index is 1.62. The van der Waals surface area contributed by atoms with Crippen molar-refractivity contribution in [2.75, 3.05) is 11.9 Å². The molecule has 0 spiro atoms. The van der Waals surface area contributed by atoms with Crippen LogP contribution < -0.4 is 20.9 Å². The number of hydrogen-bond donors (Lipinski definition) is 4. The number of sulfonamides is 1. The molecular formula is C21H20N4O4S. The second kappa shape index (κ2) is 8.76. The summed E-state index contributed by atoms with van der Waals surface area (Å²) >= 11 is 0. The Kier molecular flexibility index (Phi) is 6.14. The second-order valence-electron chi connectivity index (χ2n) is 6.43. The summed E-state index contributed by atoms with van der Waals surface area (Å²) in [6, 6.07) is 19.8. The van der Waals surface area contributed by atoms with Crippen molar-refractivity contribution in [1.29, 1.82) is 5.41 Å². The van der Waals surface area contributed by atoms with Crippen molar-refractivity contribution in [3.8, 4) is 16.9 Å². The molecule has 6 N–H and O–H groups in total. The maximum atomic E-state index is 12.1. The molecule has 0 aliphatic carbocycles. The van der Waals surface area contributed by atoms with E-state index in [0.29, 0.717) is 22.6 Å². The van der Waals surface area contributed by atoms with E-state index < -0.39 is 10.0 Å². The number of nitrogens with one attached hydrogen (secondary N) is 2. The molecule has 0 atom stereocenters. The molecule has 0 fully saturated rings. The van der Waals surface area contributed by atoms with Crippen molar-refractivity contribution < 1.29 is 17.9 Å². The molecule has 0 unspecified atom stereocenters. The highest BCUT2D eigenvalue weighted by molar-refractivity contribution is 7.89. The van der Waals surface area contributed by atoms with Gasteiger partial charge in [0.2, 0.25) is 10.0 Å². The van der Waals surface area contributed by atoms with Gasteiger partial charge in [-0.15, -0.1) is 0 Å². The number of benzene rings is 3. The molecule has 0 bridgehead atoms. The zero-order valence-electron chi connectivity index (χ0n) is 15.8. The lowest BCUT2D eigenvalue weighted by Gasteiger charge is -2.09. The van der Waals surface area contributed by atoms with Gasteiger partial charge in [-0.2, -0.15) is 0 Å². The average molecular weight is 424 g/mol. The molecule has 0 aromatic heterocycles. The third-order valence-electron chi connectivity index (χ3n) is 4.18. The minimum Gasteiger partial charge on any atom is -0.484 e. The number of rotatable bonds is 7. The van der Waals surface area contributed by atoms with Gasteiger partial charge in [-0.05, 0) is 47.5 Å². The molecule has 9 heteroatoms. The van der Waals surface area contributed by atoms with Crippen LogP contribution in [0, 0.1) is 5.41 Å². The summed E-state index contributed by atoms with van der Waals surface area (Å²) in [6.45, 7) is -0.209. The molecule has 154 valence electrons. The van der Waals surface area contributed by atoms with Crippen LogP contribution in [-0.4, -0.2) is 26.8 Å². The summed E-state index contributed by atoms with van der Waals surface area (Å²) in [6.07, 6.45) is 0. The van der Waals surface area contributed by atoms with Crippen molar-refractivity contribution in [2.45, 2.75) is 4.90 Å². The van der Waals surface area contributed by atoms with E-state index in [1.54, 1.807) is 60.7 Å². The second-order valence-corrected chi connectivity index (χ2v) is 7.99. The van der Waals surface area contributed by atoms with E-state index in [4.69, 9.17) is 21.0 Å². The maximum Gasteiger partial charge on any atom is 0.262 e. The molecule has 0 heterocycles. The third-order valence-corrected chi connectivity index (χ3v) is 5.09. The summed E-state index contributed by atoms with van der Waals surface area (Å²) < 4.78 is 28.5. The number of anilines is 1. The SMILES string of the molecule is N=C(N)c1cccc(OCC(=O)Nc2ccc(-c3cccc(S(N)(=O)=O)c3)cc2)c1. The fourth-order valence-electron chi connectivity index (χ4n) is 2.70. The number of carbonyl (C=O) groups is 1. The zero-order valence-corrected chi connectivity index (χ0v) is 16.6. The Labute approximate surface area is 174 Å². The van der Waals surface area contributed by atoms with Gasteiger partial charge in [0.25, 0.3) is 5.91 Å². The number of primary sulfonamides is 1. The van der Waals surface area contributed by atoms with E-state index in [1.165, 1.54) is 12.1 Å². The molecule has 3 aromatic carbocycles.